The molecular formula is C26H27N3O2. The Hall–Kier alpha value is -3.60. The van der Waals surface area contributed by atoms with Crippen molar-refractivity contribution in [2.75, 3.05) is 12.4 Å². The van der Waals surface area contributed by atoms with Crippen LogP contribution in [0.25, 0.3) is 16.5 Å². The van der Waals surface area contributed by atoms with Gasteiger partial charge in [0.05, 0.1) is 35.8 Å². The van der Waals surface area contributed by atoms with Crippen molar-refractivity contribution in [3.8, 4) is 11.4 Å². The van der Waals surface area contributed by atoms with Crippen LogP contribution in [0.15, 0.2) is 60.7 Å². The average molecular weight is 414 g/mol. The van der Waals surface area contributed by atoms with Crippen LogP contribution in [0.5, 0.6) is 5.75 Å². The van der Waals surface area contributed by atoms with Gasteiger partial charge in [-0.2, -0.15) is 5.10 Å². The highest BCUT2D eigenvalue weighted by molar-refractivity contribution is 5.97. The molecule has 0 radical (unpaired) electrons. The minimum atomic E-state index is -0.298. The molecule has 5 nitrogen and oxygen atoms in total. The van der Waals surface area contributed by atoms with E-state index >= 15 is 0 Å². The minimum absolute atomic E-state index is 0.0532. The Morgan fingerprint density at radius 2 is 1.65 bits per heavy atom. The summed E-state index contributed by atoms with van der Waals surface area (Å²) >= 11 is 0. The quantitative estimate of drug-likeness (QED) is 0.456. The number of nitrogens with zero attached hydrogens (tertiary/aromatic N) is 2. The first-order valence-electron chi connectivity index (χ1n) is 10.4. The molecule has 0 aliphatic carbocycles. The summed E-state index contributed by atoms with van der Waals surface area (Å²) in [6, 6.07) is 20.2. The van der Waals surface area contributed by atoms with Crippen LogP contribution in [0.4, 0.5) is 5.69 Å². The van der Waals surface area contributed by atoms with E-state index in [-0.39, 0.29) is 11.8 Å². The lowest BCUT2D eigenvalue weighted by molar-refractivity contribution is -0.117. The van der Waals surface area contributed by atoms with E-state index in [0.717, 1.165) is 44.8 Å². The summed E-state index contributed by atoms with van der Waals surface area (Å²) in [5.74, 6) is 0.470. The summed E-state index contributed by atoms with van der Waals surface area (Å²) in [4.78, 5) is 13.1. The van der Waals surface area contributed by atoms with Crippen molar-refractivity contribution in [3.63, 3.8) is 0 Å². The van der Waals surface area contributed by atoms with Crippen LogP contribution < -0.4 is 10.1 Å². The van der Waals surface area contributed by atoms with E-state index < -0.39 is 0 Å². The molecule has 158 valence electrons. The smallest absolute Gasteiger partial charge is 0.231 e. The van der Waals surface area contributed by atoms with E-state index in [4.69, 9.17) is 4.74 Å². The van der Waals surface area contributed by atoms with Gasteiger partial charge in [-0.1, -0.05) is 42.0 Å². The molecule has 1 aromatic heterocycles. The highest BCUT2D eigenvalue weighted by atomic mass is 16.5. The largest absolute Gasteiger partial charge is 0.497 e. The van der Waals surface area contributed by atoms with Gasteiger partial charge >= 0.3 is 0 Å². The van der Waals surface area contributed by atoms with Gasteiger partial charge < -0.3 is 10.1 Å². The van der Waals surface area contributed by atoms with Gasteiger partial charge in [-0.25, -0.2) is 4.68 Å². The van der Waals surface area contributed by atoms with Crippen molar-refractivity contribution >= 4 is 22.4 Å². The maximum Gasteiger partial charge on any atom is 0.231 e. The van der Waals surface area contributed by atoms with Gasteiger partial charge in [-0.05, 0) is 68.3 Å². The fourth-order valence-electron chi connectivity index (χ4n) is 3.78. The molecule has 5 heteroatoms. The average Bonchev–Trinajstić information content (AvgIpc) is 3.06. The van der Waals surface area contributed by atoms with Crippen molar-refractivity contribution in [3.05, 3.63) is 83.2 Å². The second kappa shape index (κ2) is 8.26. The molecule has 1 N–H and O–H groups in total. The number of anilines is 1. The Morgan fingerprint density at radius 3 is 2.35 bits per heavy atom. The zero-order valence-electron chi connectivity index (χ0n) is 18.6. The van der Waals surface area contributed by atoms with Gasteiger partial charge in [-0.15, -0.1) is 0 Å². The van der Waals surface area contributed by atoms with Crippen LogP contribution in [-0.4, -0.2) is 22.8 Å². The number of benzene rings is 3. The predicted octanol–water partition coefficient (Wildman–Crippen LogP) is 5.70. The van der Waals surface area contributed by atoms with Crippen molar-refractivity contribution in [1.82, 2.24) is 9.78 Å². The topological polar surface area (TPSA) is 56.1 Å². The molecular weight excluding hydrogens is 386 g/mol. The Kier molecular flexibility index (Phi) is 5.51. The summed E-state index contributed by atoms with van der Waals surface area (Å²) < 4.78 is 7.17. The van der Waals surface area contributed by atoms with Crippen molar-refractivity contribution in [2.24, 2.45) is 0 Å². The van der Waals surface area contributed by atoms with Crippen LogP contribution in [0.1, 0.15) is 35.4 Å². The van der Waals surface area contributed by atoms with E-state index in [9.17, 15) is 4.79 Å². The summed E-state index contributed by atoms with van der Waals surface area (Å²) in [7, 11) is 1.66. The third-order valence-corrected chi connectivity index (χ3v) is 5.78. The van der Waals surface area contributed by atoms with Crippen molar-refractivity contribution in [1.29, 1.82) is 0 Å². The number of hydrogen-bond donors (Lipinski definition) is 1. The molecule has 1 atom stereocenters. The van der Waals surface area contributed by atoms with E-state index in [1.807, 2.05) is 67.9 Å². The monoisotopic (exact) mass is 413 g/mol. The number of methoxy groups -OCH3 is 1. The van der Waals surface area contributed by atoms with E-state index in [0.29, 0.717) is 0 Å². The van der Waals surface area contributed by atoms with E-state index in [1.165, 1.54) is 5.56 Å². The number of amides is 1. The number of aromatic nitrogens is 2. The first kappa shape index (κ1) is 20.7. The molecule has 4 aromatic rings. The van der Waals surface area contributed by atoms with E-state index in [1.54, 1.807) is 7.11 Å². The lowest BCUT2D eigenvalue weighted by Crippen LogP contribution is -2.19. The van der Waals surface area contributed by atoms with Gasteiger partial charge in [0.2, 0.25) is 5.91 Å². The normalized spacial score (nSPS) is 12.0. The number of nitrogens with one attached hydrogen (secondary N) is 1. The maximum absolute atomic E-state index is 13.1. The Labute approximate surface area is 182 Å². The Morgan fingerprint density at radius 1 is 0.968 bits per heavy atom. The molecule has 3 aromatic carbocycles. The molecule has 0 saturated carbocycles. The molecule has 1 amide bonds. The number of rotatable bonds is 5. The fourth-order valence-corrected chi connectivity index (χ4v) is 3.78. The van der Waals surface area contributed by atoms with Crippen molar-refractivity contribution in [2.45, 2.75) is 33.6 Å². The standard InChI is InChI=1S/C26H27N3O2/c1-16-6-11-23(12-7-16)29-19(4)25(18(3)28-29)27-26(30)17(2)20-8-9-22-15-24(31-5)13-10-21(22)14-20/h6-15,17H,1-5H3,(H,27,30). The van der Waals surface area contributed by atoms with Crippen LogP contribution >= 0.6 is 0 Å². The van der Waals surface area contributed by atoms with E-state index in [2.05, 4.69) is 35.5 Å². The fraction of sp³-hybridized carbons (Fsp3) is 0.231. The molecule has 0 aliphatic heterocycles. The maximum atomic E-state index is 13.1. The Balaban J connectivity index is 1.58. The SMILES string of the molecule is COc1ccc2cc(C(C)C(=O)Nc3c(C)nn(-c4ccc(C)cc4)c3C)ccc2c1. The summed E-state index contributed by atoms with van der Waals surface area (Å²) in [5.41, 5.74) is 5.61. The highest BCUT2D eigenvalue weighted by Gasteiger charge is 2.20. The van der Waals surface area contributed by atoms with Crippen LogP contribution in [0.3, 0.4) is 0 Å². The number of aryl methyl sites for hydroxylation is 2. The number of fused-ring (bicyclic) bond motifs is 1. The second-order valence-electron chi connectivity index (χ2n) is 7.98. The first-order chi connectivity index (χ1) is 14.9. The molecule has 0 fully saturated rings. The summed E-state index contributed by atoms with van der Waals surface area (Å²) in [6.07, 6.45) is 0. The molecule has 0 spiro atoms. The molecule has 1 heterocycles. The number of carbonyl (C=O) groups excluding carboxylic acids is 1. The zero-order chi connectivity index (χ0) is 22.1. The summed E-state index contributed by atoms with van der Waals surface area (Å²) in [5, 5.41) is 9.91. The Bertz CT molecular complexity index is 1260. The third kappa shape index (κ3) is 4.04. The molecule has 4 rings (SSSR count). The van der Waals surface area contributed by atoms with Crippen LogP contribution in [0.2, 0.25) is 0 Å². The lowest BCUT2D eigenvalue weighted by atomic mass is 9.97. The number of ether oxygens (including phenoxy) is 1. The molecule has 1 unspecified atom stereocenters. The highest BCUT2D eigenvalue weighted by Crippen LogP contribution is 2.28. The molecule has 0 bridgehead atoms. The second-order valence-corrected chi connectivity index (χ2v) is 7.98. The van der Waals surface area contributed by atoms with Crippen LogP contribution in [-0.2, 0) is 4.79 Å². The number of hydrogen-bond acceptors (Lipinski definition) is 3. The zero-order valence-corrected chi connectivity index (χ0v) is 18.6. The molecule has 0 saturated heterocycles. The minimum Gasteiger partial charge on any atom is -0.497 e. The van der Waals surface area contributed by atoms with Crippen molar-refractivity contribution < 1.29 is 9.53 Å². The summed E-state index contributed by atoms with van der Waals surface area (Å²) in [6.45, 7) is 7.88. The number of carbonyl (C=O) groups is 1. The molecule has 31 heavy (non-hydrogen) atoms. The lowest BCUT2D eigenvalue weighted by Gasteiger charge is -2.14. The third-order valence-electron chi connectivity index (χ3n) is 5.78. The predicted molar refractivity (Wildman–Crippen MR) is 125 cm³/mol. The van der Waals surface area contributed by atoms with Gasteiger partial charge in [-0.3, -0.25) is 4.79 Å². The van der Waals surface area contributed by atoms with Gasteiger partial charge in [0.15, 0.2) is 0 Å². The van der Waals surface area contributed by atoms with Gasteiger partial charge in [0.1, 0.15) is 5.75 Å². The van der Waals surface area contributed by atoms with Gasteiger partial charge in [0, 0.05) is 0 Å². The molecule has 0 aliphatic rings. The van der Waals surface area contributed by atoms with Gasteiger partial charge in [0.25, 0.3) is 0 Å². The first-order valence-corrected chi connectivity index (χ1v) is 10.4. The van der Waals surface area contributed by atoms with Crippen LogP contribution in [0, 0.1) is 20.8 Å².